The van der Waals surface area contributed by atoms with Gasteiger partial charge >= 0.3 is 0 Å². The molecule has 9 heteroatoms. The van der Waals surface area contributed by atoms with Gasteiger partial charge in [0, 0.05) is 13.7 Å². The van der Waals surface area contributed by atoms with Crippen LogP contribution >= 0.6 is 0 Å². The highest BCUT2D eigenvalue weighted by Crippen LogP contribution is 2.28. The van der Waals surface area contributed by atoms with Crippen LogP contribution in [0.1, 0.15) is 37.7 Å². The summed E-state index contributed by atoms with van der Waals surface area (Å²) in [6.45, 7) is 5.17. The summed E-state index contributed by atoms with van der Waals surface area (Å²) in [6.07, 6.45) is 3.54. The van der Waals surface area contributed by atoms with Crippen LogP contribution in [0.4, 0.5) is 0 Å². The van der Waals surface area contributed by atoms with E-state index in [1.165, 1.54) is 19.5 Å². The number of hydrogen-bond acceptors (Lipinski definition) is 7. The first-order valence-electron chi connectivity index (χ1n) is 10.7. The largest absolute Gasteiger partial charge is 0.375 e. The van der Waals surface area contributed by atoms with E-state index in [4.69, 9.17) is 15.5 Å². The maximum absolute atomic E-state index is 13.5. The summed E-state index contributed by atoms with van der Waals surface area (Å²) in [4.78, 5) is 33.1. The molecule has 2 N–H and O–H groups in total. The molecule has 1 unspecified atom stereocenters. The molecule has 170 valence electrons. The normalized spacial score (nSPS) is 12.3. The van der Waals surface area contributed by atoms with Crippen LogP contribution in [0.5, 0.6) is 0 Å². The van der Waals surface area contributed by atoms with Gasteiger partial charge in [-0.05, 0) is 24.4 Å². The Balaban J connectivity index is 2.22. The van der Waals surface area contributed by atoms with E-state index in [0.29, 0.717) is 42.8 Å². The second kappa shape index (κ2) is 10.9. The Hall–Kier alpha value is -3.17. The van der Waals surface area contributed by atoms with E-state index < -0.39 is 6.04 Å². The molecule has 0 saturated heterocycles. The van der Waals surface area contributed by atoms with Gasteiger partial charge in [-0.3, -0.25) is 14.2 Å². The van der Waals surface area contributed by atoms with Crippen molar-refractivity contribution in [2.24, 2.45) is 11.7 Å². The Morgan fingerprint density at radius 1 is 1.19 bits per heavy atom. The SMILES string of the molecule is COCC(=O)N(CCCN)C(c1nc2cnncc2c(=O)n1Cc1ccccc1)C(C)C. The zero-order valence-electron chi connectivity index (χ0n) is 18.8. The number of amides is 1. The molecule has 3 aromatic rings. The van der Waals surface area contributed by atoms with Gasteiger partial charge in [-0.2, -0.15) is 10.2 Å². The number of ether oxygens (including phenoxy) is 1. The Kier molecular flexibility index (Phi) is 8.02. The number of aromatic nitrogens is 4. The molecule has 2 aromatic heterocycles. The van der Waals surface area contributed by atoms with E-state index >= 15 is 0 Å². The summed E-state index contributed by atoms with van der Waals surface area (Å²) in [7, 11) is 1.49. The van der Waals surface area contributed by atoms with Crippen LogP contribution in [0.25, 0.3) is 10.9 Å². The molecule has 0 spiro atoms. The number of carbonyl (C=O) groups excluding carboxylic acids is 1. The Labute approximate surface area is 187 Å². The molecule has 0 aliphatic rings. The molecule has 0 aliphatic carbocycles. The standard InChI is InChI=1S/C23H30N6O3/c1-16(2)21(28(11-7-10-24)20(30)15-32-3)22-27-19-13-26-25-12-18(19)23(31)29(22)14-17-8-5-4-6-9-17/h4-6,8-9,12-13,16,21H,7,10-11,14-15,24H2,1-3H3. The van der Waals surface area contributed by atoms with Gasteiger partial charge in [0.2, 0.25) is 5.91 Å². The van der Waals surface area contributed by atoms with Crippen LogP contribution in [0.2, 0.25) is 0 Å². The van der Waals surface area contributed by atoms with E-state index in [0.717, 1.165) is 5.56 Å². The average Bonchev–Trinajstić information content (AvgIpc) is 2.79. The number of carbonyl (C=O) groups is 1. The number of methoxy groups -OCH3 is 1. The predicted molar refractivity (Wildman–Crippen MR) is 122 cm³/mol. The summed E-state index contributed by atoms with van der Waals surface area (Å²) in [5.41, 5.74) is 6.93. The van der Waals surface area contributed by atoms with Crippen molar-refractivity contribution in [2.45, 2.75) is 32.9 Å². The third-order valence-corrected chi connectivity index (χ3v) is 5.30. The first-order valence-corrected chi connectivity index (χ1v) is 10.7. The highest BCUT2D eigenvalue weighted by Gasteiger charge is 2.32. The van der Waals surface area contributed by atoms with Gasteiger partial charge in [0.15, 0.2) is 0 Å². The molecule has 1 aromatic carbocycles. The molecule has 0 saturated carbocycles. The first kappa shape index (κ1) is 23.5. The summed E-state index contributed by atoms with van der Waals surface area (Å²) in [5, 5.41) is 8.14. The molecule has 1 amide bonds. The molecular weight excluding hydrogens is 408 g/mol. The maximum Gasteiger partial charge on any atom is 0.263 e. The molecule has 2 heterocycles. The van der Waals surface area contributed by atoms with Crippen molar-refractivity contribution in [1.82, 2.24) is 24.6 Å². The molecule has 9 nitrogen and oxygen atoms in total. The highest BCUT2D eigenvalue weighted by atomic mass is 16.5. The van der Waals surface area contributed by atoms with Crippen LogP contribution in [0, 0.1) is 5.92 Å². The van der Waals surface area contributed by atoms with Gasteiger partial charge in [-0.25, -0.2) is 4.98 Å². The van der Waals surface area contributed by atoms with Crippen LogP contribution < -0.4 is 11.3 Å². The number of benzene rings is 1. The van der Waals surface area contributed by atoms with E-state index in [2.05, 4.69) is 10.2 Å². The van der Waals surface area contributed by atoms with Crippen molar-refractivity contribution in [3.8, 4) is 0 Å². The minimum absolute atomic E-state index is 0.0187. The second-order valence-corrected chi connectivity index (χ2v) is 7.99. The van der Waals surface area contributed by atoms with Crippen molar-refractivity contribution in [2.75, 3.05) is 26.8 Å². The molecule has 0 aliphatic heterocycles. The van der Waals surface area contributed by atoms with Crippen LogP contribution in [0.15, 0.2) is 47.5 Å². The molecule has 0 fully saturated rings. The fraction of sp³-hybridized carbons (Fsp3) is 0.435. The van der Waals surface area contributed by atoms with E-state index in [1.54, 1.807) is 9.47 Å². The third kappa shape index (κ3) is 5.17. The van der Waals surface area contributed by atoms with Crippen molar-refractivity contribution >= 4 is 16.8 Å². The Morgan fingerprint density at radius 3 is 2.56 bits per heavy atom. The van der Waals surface area contributed by atoms with Gasteiger partial charge in [-0.1, -0.05) is 44.2 Å². The number of hydrogen-bond donors (Lipinski definition) is 1. The topological polar surface area (TPSA) is 116 Å². The summed E-state index contributed by atoms with van der Waals surface area (Å²) >= 11 is 0. The smallest absolute Gasteiger partial charge is 0.263 e. The van der Waals surface area contributed by atoms with Gasteiger partial charge in [-0.15, -0.1) is 0 Å². The van der Waals surface area contributed by atoms with Crippen molar-refractivity contribution in [3.63, 3.8) is 0 Å². The average molecular weight is 439 g/mol. The lowest BCUT2D eigenvalue weighted by molar-refractivity contribution is -0.139. The quantitative estimate of drug-likeness (QED) is 0.513. The minimum atomic E-state index is -0.446. The first-order chi connectivity index (χ1) is 15.5. The lowest BCUT2D eigenvalue weighted by atomic mass is 10.00. The highest BCUT2D eigenvalue weighted by molar-refractivity contribution is 5.78. The zero-order chi connectivity index (χ0) is 23.1. The third-order valence-electron chi connectivity index (χ3n) is 5.30. The number of nitrogens with zero attached hydrogens (tertiary/aromatic N) is 5. The van der Waals surface area contributed by atoms with E-state index in [9.17, 15) is 9.59 Å². The Morgan fingerprint density at radius 2 is 1.91 bits per heavy atom. The Bertz CT molecular complexity index is 1100. The zero-order valence-corrected chi connectivity index (χ0v) is 18.8. The van der Waals surface area contributed by atoms with Gasteiger partial charge in [0.1, 0.15) is 12.4 Å². The van der Waals surface area contributed by atoms with Crippen LogP contribution in [0.3, 0.4) is 0 Å². The van der Waals surface area contributed by atoms with E-state index in [-0.39, 0.29) is 24.0 Å². The summed E-state index contributed by atoms with van der Waals surface area (Å²) < 4.78 is 6.76. The fourth-order valence-electron chi connectivity index (χ4n) is 3.83. The number of rotatable bonds is 10. The summed E-state index contributed by atoms with van der Waals surface area (Å²) in [6, 6.07) is 9.25. The summed E-state index contributed by atoms with van der Waals surface area (Å²) in [5.74, 6) is 0.318. The molecule has 0 radical (unpaired) electrons. The van der Waals surface area contributed by atoms with E-state index in [1.807, 2.05) is 44.2 Å². The lowest BCUT2D eigenvalue weighted by Crippen LogP contribution is -2.43. The van der Waals surface area contributed by atoms with Crippen molar-refractivity contribution < 1.29 is 9.53 Å². The monoisotopic (exact) mass is 438 g/mol. The minimum Gasteiger partial charge on any atom is -0.375 e. The molecule has 32 heavy (non-hydrogen) atoms. The van der Waals surface area contributed by atoms with Crippen LogP contribution in [-0.2, 0) is 16.1 Å². The fourth-order valence-corrected chi connectivity index (χ4v) is 3.83. The second-order valence-electron chi connectivity index (χ2n) is 7.99. The number of nitrogens with two attached hydrogens (primary N) is 1. The lowest BCUT2D eigenvalue weighted by Gasteiger charge is -2.35. The predicted octanol–water partition coefficient (Wildman–Crippen LogP) is 1.76. The molecular formula is C23H30N6O3. The van der Waals surface area contributed by atoms with Crippen molar-refractivity contribution in [1.29, 1.82) is 0 Å². The van der Waals surface area contributed by atoms with Gasteiger partial charge in [0.05, 0.1) is 35.9 Å². The van der Waals surface area contributed by atoms with Crippen LogP contribution in [-0.4, -0.2) is 57.4 Å². The molecule has 1 atom stereocenters. The maximum atomic E-state index is 13.5. The molecule has 0 bridgehead atoms. The van der Waals surface area contributed by atoms with Crippen molar-refractivity contribution in [3.05, 3.63) is 64.5 Å². The van der Waals surface area contributed by atoms with Gasteiger partial charge in [0.25, 0.3) is 5.56 Å². The molecule has 3 rings (SSSR count). The number of fused-ring (bicyclic) bond motifs is 1. The van der Waals surface area contributed by atoms with Gasteiger partial charge < -0.3 is 15.4 Å².